The van der Waals surface area contributed by atoms with Crippen molar-refractivity contribution >= 4 is 46.4 Å². The summed E-state index contributed by atoms with van der Waals surface area (Å²) in [6.45, 7) is 5.21. The van der Waals surface area contributed by atoms with E-state index in [9.17, 15) is 9.90 Å². The fourth-order valence-corrected chi connectivity index (χ4v) is 3.78. The number of aliphatic hydroxyl groups is 1. The molecule has 3 atom stereocenters. The third kappa shape index (κ3) is 7.42. The van der Waals surface area contributed by atoms with Crippen LogP contribution in [0.1, 0.15) is 35.5 Å². The van der Waals surface area contributed by atoms with E-state index < -0.39 is 16.0 Å². The molecule has 33 heavy (non-hydrogen) atoms. The third-order valence-electron chi connectivity index (χ3n) is 5.25. The van der Waals surface area contributed by atoms with Crippen LogP contribution in [0, 0.1) is 0 Å². The van der Waals surface area contributed by atoms with Crippen molar-refractivity contribution in [2.24, 2.45) is 0 Å². The van der Waals surface area contributed by atoms with Gasteiger partial charge in [-0.15, -0.1) is 6.58 Å². The average molecular weight is 514 g/mol. The molecule has 2 N–H and O–H groups in total. The minimum Gasteiger partial charge on any atom is -0.392 e. The molecule has 2 aromatic rings. The van der Waals surface area contributed by atoms with Crippen LogP contribution in [-0.2, 0) is 20.9 Å². The maximum atomic E-state index is 12.0. The van der Waals surface area contributed by atoms with Gasteiger partial charge < -0.3 is 24.8 Å². The Hall–Kier alpha value is -1.64. The normalized spacial score (nSPS) is 21.1. The van der Waals surface area contributed by atoms with E-state index in [4.69, 9.17) is 44.3 Å². The lowest BCUT2D eigenvalue weighted by Gasteiger charge is -2.37. The van der Waals surface area contributed by atoms with Crippen molar-refractivity contribution in [2.75, 3.05) is 25.5 Å². The Morgan fingerprint density at radius 2 is 1.94 bits per heavy atom. The second-order valence-corrected chi connectivity index (χ2v) is 10.2. The van der Waals surface area contributed by atoms with Crippen molar-refractivity contribution in [3.8, 4) is 0 Å². The van der Waals surface area contributed by atoms with Crippen molar-refractivity contribution < 1.29 is 19.4 Å². The Bertz CT molecular complexity index is 949. The lowest BCUT2D eigenvalue weighted by atomic mass is 9.99. The summed E-state index contributed by atoms with van der Waals surface area (Å²) in [5.74, 6) is -0.749. The monoisotopic (exact) mass is 512 g/mol. The maximum Gasteiger partial charge on any atom is 0.276 e. The van der Waals surface area contributed by atoms with Crippen LogP contribution in [0.3, 0.4) is 0 Å². The van der Waals surface area contributed by atoms with Crippen LogP contribution in [0.4, 0.5) is 5.69 Å². The van der Waals surface area contributed by atoms with Crippen molar-refractivity contribution in [1.82, 2.24) is 4.90 Å². The molecular formula is C24H27Cl3N2O4. The predicted molar refractivity (Wildman–Crippen MR) is 131 cm³/mol. The first-order valence-corrected chi connectivity index (χ1v) is 11.6. The van der Waals surface area contributed by atoms with Crippen LogP contribution in [-0.4, -0.2) is 45.9 Å². The maximum absolute atomic E-state index is 12.0. The molecule has 1 aliphatic rings. The molecule has 1 amide bonds. The van der Waals surface area contributed by atoms with Crippen LogP contribution in [0.5, 0.6) is 0 Å². The van der Waals surface area contributed by atoms with E-state index in [1.807, 2.05) is 43.5 Å². The summed E-state index contributed by atoms with van der Waals surface area (Å²) in [4.78, 5) is 14.2. The molecule has 0 aliphatic carbocycles. The summed E-state index contributed by atoms with van der Waals surface area (Å²) in [6.07, 6.45) is 1.54. The summed E-state index contributed by atoms with van der Waals surface area (Å²) in [5.41, 5.74) is 3.02. The van der Waals surface area contributed by atoms with Gasteiger partial charge in [-0.05, 0) is 30.3 Å². The zero-order chi connectivity index (χ0) is 24.0. The molecule has 3 rings (SSSR count). The number of anilines is 1. The molecule has 1 heterocycles. The summed E-state index contributed by atoms with van der Waals surface area (Å²) in [5, 5.41) is 11.9. The molecule has 0 aromatic heterocycles. The van der Waals surface area contributed by atoms with E-state index >= 15 is 0 Å². The number of nitrogens with zero attached hydrogens (tertiary/aromatic N) is 1. The molecule has 2 aromatic carbocycles. The van der Waals surface area contributed by atoms with Gasteiger partial charge in [0.15, 0.2) is 6.29 Å². The van der Waals surface area contributed by atoms with Crippen molar-refractivity contribution in [3.63, 3.8) is 0 Å². The highest BCUT2D eigenvalue weighted by Gasteiger charge is 2.33. The highest BCUT2D eigenvalue weighted by atomic mass is 35.6. The van der Waals surface area contributed by atoms with Crippen molar-refractivity contribution in [1.29, 1.82) is 0 Å². The topological polar surface area (TPSA) is 71.0 Å². The van der Waals surface area contributed by atoms with Gasteiger partial charge >= 0.3 is 0 Å². The number of hydrogen-bond acceptors (Lipinski definition) is 5. The molecule has 3 unspecified atom stereocenters. The number of carbonyl (C=O) groups is 1. The fourth-order valence-electron chi connectivity index (χ4n) is 3.64. The third-order valence-corrected chi connectivity index (χ3v) is 5.76. The molecule has 9 heteroatoms. The zero-order valence-corrected chi connectivity index (χ0v) is 20.5. The van der Waals surface area contributed by atoms with E-state index in [0.29, 0.717) is 18.7 Å². The number of ether oxygens (including phenoxy) is 2. The number of hydrogen-bond donors (Lipinski definition) is 2. The molecule has 1 saturated heterocycles. The Morgan fingerprint density at radius 3 is 2.58 bits per heavy atom. The van der Waals surface area contributed by atoms with Gasteiger partial charge in [0.05, 0.1) is 18.8 Å². The largest absolute Gasteiger partial charge is 0.392 e. The van der Waals surface area contributed by atoms with Gasteiger partial charge in [-0.1, -0.05) is 77.3 Å². The van der Waals surface area contributed by atoms with E-state index in [2.05, 4.69) is 16.8 Å². The SMILES string of the molecule is C=CCN(C)CC1CC(c2ccc(CO)cc2)OC(c2cccc(NC(=O)C(Cl)(Cl)Cl)c2)O1. The van der Waals surface area contributed by atoms with Gasteiger partial charge in [0, 0.05) is 30.8 Å². The molecule has 1 aliphatic heterocycles. The Morgan fingerprint density at radius 1 is 1.21 bits per heavy atom. The predicted octanol–water partition coefficient (Wildman–Crippen LogP) is 5.15. The standard InChI is InChI=1S/C24H27Cl3N2O4/c1-3-11-29(2)14-20-13-21(17-9-7-16(15-30)8-10-17)33-22(32-20)18-5-4-6-19(12-18)28-23(31)24(25,26)27/h3-10,12,20-22,30H,1,11,13-15H2,2H3,(H,28,31). The van der Waals surface area contributed by atoms with E-state index in [1.54, 1.807) is 18.2 Å². The highest BCUT2D eigenvalue weighted by Crippen LogP contribution is 2.38. The van der Waals surface area contributed by atoms with E-state index in [1.165, 1.54) is 0 Å². The fraction of sp³-hybridized carbons (Fsp3) is 0.375. The first kappa shape index (κ1) is 26.0. The number of nitrogens with one attached hydrogen (secondary N) is 1. The molecule has 0 spiro atoms. The molecule has 0 saturated carbocycles. The second kappa shape index (κ2) is 11.7. The number of halogens is 3. The number of amides is 1. The summed E-state index contributed by atoms with van der Waals surface area (Å²) in [6, 6.07) is 14.7. The summed E-state index contributed by atoms with van der Waals surface area (Å²) in [7, 11) is 2.01. The number of benzene rings is 2. The number of aliphatic hydroxyl groups excluding tert-OH is 1. The molecule has 0 radical (unpaired) electrons. The smallest absolute Gasteiger partial charge is 0.276 e. The van der Waals surface area contributed by atoms with Gasteiger partial charge in [-0.3, -0.25) is 4.79 Å². The quantitative estimate of drug-likeness (QED) is 0.377. The number of carbonyl (C=O) groups excluding carboxylic acids is 1. The Kier molecular flexibility index (Phi) is 9.18. The van der Waals surface area contributed by atoms with Gasteiger partial charge in [-0.25, -0.2) is 0 Å². The Balaban J connectivity index is 1.83. The van der Waals surface area contributed by atoms with E-state index in [0.717, 1.165) is 23.2 Å². The van der Waals surface area contributed by atoms with Crippen molar-refractivity contribution in [2.45, 2.75) is 35.3 Å². The molecular weight excluding hydrogens is 487 g/mol. The van der Waals surface area contributed by atoms with Crippen LogP contribution in [0.15, 0.2) is 61.2 Å². The zero-order valence-electron chi connectivity index (χ0n) is 18.2. The van der Waals surface area contributed by atoms with Crippen LogP contribution in [0.25, 0.3) is 0 Å². The number of alkyl halides is 3. The molecule has 178 valence electrons. The lowest BCUT2D eigenvalue weighted by Crippen LogP contribution is -2.37. The number of likely N-dealkylation sites (N-methyl/N-ethyl adjacent to an activating group) is 1. The minimum atomic E-state index is -2.07. The van der Waals surface area contributed by atoms with Gasteiger partial charge in [-0.2, -0.15) is 0 Å². The van der Waals surface area contributed by atoms with Gasteiger partial charge in [0.25, 0.3) is 9.70 Å². The van der Waals surface area contributed by atoms with Gasteiger partial charge in [0.2, 0.25) is 0 Å². The van der Waals surface area contributed by atoms with Crippen molar-refractivity contribution in [3.05, 3.63) is 77.9 Å². The summed E-state index contributed by atoms with van der Waals surface area (Å²) < 4.78 is 10.5. The summed E-state index contributed by atoms with van der Waals surface area (Å²) >= 11 is 17.0. The van der Waals surface area contributed by atoms with Crippen LogP contribution >= 0.6 is 34.8 Å². The first-order valence-electron chi connectivity index (χ1n) is 10.5. The minimum absolute atomic E-state index is 0.0147. The van der Waals surface area contributed by atoms with Gasteiger partial charge in [0.1, 0.15) is 0 Å². The average Bonchev–Trinajstić information content (AvgIpc) is 2.78. The first-order chi connectivity index (χ1) is 15.7. The molecule has 1 fully saturated rings. The van der Waals surface area contributed by atoms with Crippen LogP contribution < -0.4 is 5.32 Å². The number of rotatable bonds is 8. The Labute approximate surface area is 209 Å². The lowest BCUT2D eigenvalue weighted by molar-refractivity contribution is -0.252. The van der Waals surface area contributed by atoms with Crippen LogP contribution in [0.2, 0.25) is 0 Å². The second-order valence-electron chi connectivity index (χ2n) is 7.94. The molecule has 0 bridgehead atoms. The highest BCUT2D eigenvalue weighted by molar-refractivity contribution is 6.76. The molecule has 6 nitrogen and oxygen atoms in total. The van der Waals surface area contributed by atoms with E-state index in [-0.39, 0.29) is 18.8 Å².